The highest BCUT2D eigenvalue weighted by Gasteiger charge is 2.31. The molecule has 38 heavy (non-hydrogen) atoms. The van der Waals surface area contributed by atoms with Gasteiger partial charge in [0.25, 0.3) is 5.91 Å². The molecule has 0 radical (unpaired) electrons. The van der Waals surface area contributed by atoms with Crippen LogP contribution in [0.15, 0.2) is 30.3 Å². The molecule has 2 aromatic carbocycles. The Morgan fingerprint density at radius 1 is 1.11 bits per heavy atom. The van der Waals surface area contributed by atoms with Crippen molar-refractivity contribution >= 4 is 34.5 Å². The number of ether oxygens (including phenoxy) is 1. The fraction of sp³-hybridized carbons (Fsp3) is 0.448. The molecule has 3 heterocycles. The summed E-state index contributed by atoms with van der Waals surface area (Å²) < 4.78 is 7.38. The number of aliphatic hydroxyl groups excluding tert-OH is 1. The van der Waals surface area contributed by atoms with Crippen molar-refractivity contribution in [2.24, 2.45) is 0 Å². The average molecular weight is 539 g/mol. The first-order valence-corrected chi connectivity index (χ1v) is 13.5. The second kappa shape index (κ2) is 10.3. The number of aromatic nitrogens is 1. The van der Waals surface area contributed by atoms with Gasteiger partial charge in [-0.3, -0.25) is 14.6 Å². The summed E-state index contributed by atoms with van der Waals surface area (Å²) in [4.78, 5) is 31.1. The molecule has 8 nitrogen and oxygen atoms in total. The number of aliphatic hydroxyl groups is 1. The van der Waals surface area contributed by atoms with Crippen molar-refractivity contribution in [3.05, 3.63) is 57.6 Å². The van der Waals surface area contributed by atoms with Crippen molar-refractivity contribution in [1.82, 2.24) is 19.7 Å². The van der Waals surface area contributed by atoms with E-state index in [1.165, 1.54) is 0 Å². The number of amides is 1. The summed E-state index contributed by atoms with van der Waals surface area (Å²) in [6, 6.07) is 9.98. The number of hydrogen-bond donors (Lipinski definition) is 2. The molecule has 9 heteroatoms. The Morgan fingerprint density at radius 3 is 2.50 bits per heavy atom. The van der Waals surface area contributed by atoms with E-state index in [1.54, 1.807) is 4.57 Å². The number of β-amino-alcohol motifs (C(OH)–C–C–N with tert-alkyl or cyclic N) is 1. The number of carbonyl (C=O) groups is 2. The molecule has 0 spiro atoms. The normalized spacial score (nSPS) is 16.6. The predicted molar refractivity (Wildman–Crippen MR) is 149 cm³/mol. The molecule has 2 aliphatic rings. The first-order valence-electron chi connectivity index (χ1n) is 13.1. The predicted octanol–water partition coefficient (Wildman–Crippen LogP) is 4.41. The number of halogens is 1. The van der Waals surface area contributed by atoms with Gasteiger partial charge in [-0.1, -0.05) is 17.7 Å². The van der Waals surface area contributed by atoms with E-state index in [1.807, 2.05) is 45.9 Å². The van der Waals surface area contributed by atoms with E-state index in [-0.39, 0.29) is 12.5 Å². The van der Waals surface area contributed by atoms with Gasteiger partial charge in [-0.05, 0) is 63.1 Å². The Labute approximate surface area is 228 Å². The standard InChI is InChI=1S/C29H35ClN4O4/c1-18-13-21(25-22(26(18)30)16-31-27(25)36)24-15-20-14-19(17-33-9-7-32(8-10-33)11-12-35)5-6-23(20)34(24)28(37)38-29(2,3)4/h5-6,13-15,35H,7-12,16-17H2,1-4H3,(H,31,36). The number of carbonyl (C=O) groups excluding carboxylic acids is 2. The molecular weight excluding hydrogens is 504 g/mol. The van der Waals surface area contributed by atoms with Crippen molar-refractivity contribution in [3.8, 4) is 11.3 Å². The van der Waals surface area contributed by atoms with Crippen LogP contribution < -0.4 is 5.32 Å². The van der Waals surface area contributed by atoms with Crippen LogP contribution >= 0.6 is 11.6 Å². The van der Waals surface area contributed by atoms with E-state index in [4.69, 9.17) is 16.3 Å². The third kappa shape index (κ3) is 5.18. The minimum Gasteiger partial charge on any atom is -0.443 e. The first-order chi connectivity index (χ1) is 18.1. The van der Waals surface area contributed by atoms with Crippen molar-refractivity contribution in [1.29, 1.82) is 0 Å². The highest BCUT2D eigenvalue weighted by Crippen LogP contribution is 2.39. The van der Waals surface area contributed by atoms with Gasteiger partial charge < -0.3 is 15.2 Å². The molecule has 3 aromatic rings. The minimum absolute atomic E-state index is 0.186. The molecular formula is C29H35ClN4O4. The Balaban J connectivity index is 1.57. The lowest BCUT2D eigenvalue weighted by atomic mass is 9.97. The SMILES string of the molecule is Cc1cc(-c2cc3cc(CN4CCN(CCO)CC4)ccc3n2C(=O)OC(C)(C)C)c2c(c1Cl)CNC2=O. The molecule has 2 N–H and O–H groups in total. The number of aryl methyl sites for hydroxylation is 1. The number of hydrogen-bond acceptors (Lipinski definition) is 6. The van der Waals surface area contributed by atoms with Crippen LogP contribution in [-0.4, -0.2) is 76.4 Å². The molecule has 0 saturated carbocycles. The maximum atomic E-state index is 13.5. The first kappa shape index (κ1) is 26.7. The van der Waals surface area contributed by atoms with E-state index in [0.717, 1.165) is 60.3 Å². The molecule has 1 aromatic heterocycles. The Hall–Kier alpha value is -2.91. The van der Waals surface area contributed by atoms with Crippen LogP contribution in [0.25, 0.3) is 22.2 Å². The number of rotatable bonds is 5. The van der Waals surface area contributed by atoms with Gasteiger partial charge in [0.05, 0.1) is 23.4 Å². The smallest absolute Gasteiger partial charge is 0.419 e. The van der Waals surface area contributed by atoms with Gasteiger partial charge in [-0.25, -0.2) is 9.36 Å². The topological polar surface area (TPSA) is 87.0 Å². The van der Waals surface area contributed by atoms with Gasteiger partial charge in [0.15, 0.2) is 0 Å². The van der Waals surface area contributed by atoms with Crippen molar-refractivity contribution < 1.29 is 19.4 Å². The number of piperazine rings is 1. The van der Waals surface area contributed by atoms with E-state index >= 15 is 0 Å². The maximum absolute atomic E-state index is 13.5. The van der Waals surface area contributed by atoms with Gasteiger partial charge in [-0.2, -0.15) is 0 Å². The van der Waals surface area contributed by atoms with Gasteiger partial charge in [-0.15, -0.1) is 0 Å². The van der Waals surface area contributed by atoms with Crippen LogP contribution in [0.3, 0.4) is 0 Å². The van der Waals surface area contributed by atoms with Crippen LogP contribution in [0.2, 0.25) is 5.02 Å². The Kier molecular flexibility index (Phi) is 7.26. The molecule has 2 aliphatic heterocycles. The summed E-state index contributed by atoms with van der Waals surface area (Å²) in [5, 5.41) is 13.6. The zero-order valence-electron chi connectivity index (χ0n) is 22.4. The van der Waals surface area contributed by atoms with E-state index in [2.05, 4.69) is 27.2 Å². The summed E-state index contributed by atoms with van der Waals surface area (Å²) in [5.41, 5.74) is 4.58. The summed E-state index contributed by atoms with van der Waals surface area (Å²) in [6.45, 7) is 13.2. The summed E-state index contributed by atoms with van der Waals surface area (Å²) in [6.07, 6.45) is -0.491. The number of benzene rings is 2. The minimum atomic E-state index is -0.682. The van der Waals surface area contributed by atoms with Crippen molar-refractivity contribution in [3.63, 3.8) is 0 Å². The Morgan fingerprint density at radius 2 is 1.82 bits per heavy atom. The summed E-state index contributed by atoms with van der Waals surface area (Å²) in [7, 11) is 0. The average Bonchev–Trinajstić information content (AvgIpc) is 3.42. The van der Waals surface area contributed by atoms with Crippen LogP contribution in [0.5, 0.6) is 0 Å². The second-order valence-corrected chi connectivity index (χ2v) is 11.5. The van der Waals surface area contributed by atoms with Crippen molar-refractivity contribution in [2.45, 2.75) is 46.4 Å². The quantitative estimate of drug-likeness (QED) is 0.500. The summed E-state index contributed by atoms with van der Waals surface area (Å²) in [5.74, 6) is -0.195. The fourth-order valence-corrected chi connectivity index (χ4v) is 5.60. The van der Waals surface area contributed by atoms with Gasteiger partial charge in [0.2, 0.25) is 0 Å². The lowest BCUT2D eigenvalue weighted by Gasteiger charge is -2.34. The number of nitrogens with zero attached hydrogens (tertiary/aromatic N) is 3. The molecule has 202 valence electrons. The molecule has 1 saturated heterocycles. The second-order valence-electron chi connectivity index (χ2n) is 11.2. The van der Waals surface area contributed by atoms with Crippen LogP contribution in [0, 0.1) is 6.92 Å². The largest absolute Gasteiger partial charge is 0.443 e. The lowest BCUT2D eigenvalue weighted by molar-refractivity contribution is 0.0547. The number of fused-ring (bicyclic) bond motifs is 2. The van der Waals surface area contributed by atoms with E-state index in [0.29, 0.717) is 34.9 Å². The van der Waals surface area contributed by atoms with Crippen molar-refractivity contribution in [2.75, 3.05) is 39.3 Å². The molecule has 0 unspecified atom stereocenters. The van der Waals surface area contributed by atoms with Crippen LogP contribution in [-0.2, 0) is 17.8 Å². The zero-order chi connectivity index (χ0) is 27.2. The highest BCUT2D eigenvalue weighted by molar-refractivity contribution is 6.33. The van der Waals surface area contributed by atoms with Gasteiger partial charge >= 0.3 is 6.09 Å². The monoisotopic (exact) mass is 538 g/mol. The molecule has 0 atom stereocenters. The maximum Gasteiger partial charge on any atom is 0.419 e. The van der Waals surface area contributed by atoms with Gasteiger partial charge in [0, 0.05) is 67.3 Å². The molecule has 5 rings (SSSR count). The Bertz CT molecular complexity index is 1400. The molecule has 1 amide bonds. The molecule has 0 aliphatic carbocycles. The fourth-order valence-electron chi connectivity index (χ4n) is 5.38. The summed E-state index contributed by atoms with van der Waals surface area (Å²) >= 11 is 6.56. The van der Waals surface area contributed by atoms with E-state index in [9.17, 15) is 14.7 Å². The van der Waals surface area contributed by atoms with Crippen LogP contribution in [0.1, 0.15) is 47.8 Å². The lowest BCUT2D eigenvalue weighted by Crippen LogP contribution is -2.46. The van der Waals surface area contributed by atoms with Gasteiger partial charge in [0.1, 0.15) is 5.60 Å². The van der Waals surface area contributed by atoms with E-state index < -0.39 is 11.7 Å². The highest BCUT2D eigenvalue weighted by atomic mass is 35.5. The third-order valence-corrected chi connectivity index (χ3v) is 7.73. The number of nitrogens with one attached hydrogen (secondary N) is 1. The molecule has 0 bridgehead atoms. The molecule has 1 fully saturated rings. The van der Waals surface area contributed by atoms with Crippen LogP contribution in [0.4, 0.5) is 4.79 Å². The zero-order valence-corrected chi connectivity index (χ0v) is 23.2. The third-order valence-electron chi connectivity index (χ3n) is 7.20.